The maximum atomic E-state index is 11.6. The van der Waals surface area contributed by atoms with Crippen LogP contribution in [0.5, 0.6) is 0 Å². The lowest BCUT2D eigenvalue weighted by Gasteiger charge is -2.20. The van der Waals surface area contributed by atoms with Gasteiger partial charge >= 0.3 is 0 Å². The van der Waals surface area contributed by atoms with Crippen LogP contribution in [-0.2, 0) is 4.79 Å². The normalized spacial score (nSPS) is 13.1. The van der Waals surface area contributed by atoms with Crippen LogP contribution in [0.4, 0.5) is 0 Å². The summed E-state index contributed by atoms with van der Waals surface area (Å²) >= 11 is 0. The van der Waals surface area contributed by atoms with Gasteiger partial charge in [0.1, 0.15) is 0 Å². The Bertz CT molecular complexity index is 207. The predicted molar refractivity (Wildman–Crippen MR) is 72.8 cm³/mol. The molecule has 0 saturated heterocycles. The SMILES string of the molecule is CC(CCN)C(=O)NCCCCN(C)C(C)C. The van der Waals surface area contributed by atoms with E-state index in [1.807, 2.05) is 6.92 Å². The van der Waals surface area contributed by atoms with Gasteiger partial charge in [-0.25, -0.2) is 0 Å². The number of carbonyl (C=O) groups excluding carboxylic acids is 1. The summed E-state index contributed by atoms with van der Waals surface area (Å²) in [6, 6.07) is 0.592. The summed E-state index contributed by atoms with van der Waals surface area (Å²) in [4.78, 5) is 13.9. The summed E-state index contributed by atoms with van der Waals surface area (Å²) in [7, 11) is 2.13. The van der Waals surface area contributed by atoms with Gasteiger partial charge in [-0.2, -0.15) is 0 Å². The molecule has 4 heteroatoms. The molecule has 0 fully saturated rings. The van der Waals surface area contributed by atoms with Crippen molar-refractivity contribution in [3.63, 3.8) is 0 Å². The second kappa shape index (κ2) is 9.42. The fourth-order valence-corrected chi connectivity index (χ4v) is 1.51. The molecule has 0 radical (unpaired) electrons. The second-order valence-corrected chi connectivity index (χ2v) is 5.05. The van der Waals surface area contributed by atoms with Gasteiger partial charge in [0, 0.05) is 18.5 Å². The molecule has 0 rings (SSSR count). The van der Waals surface area contributed by atoms with Crippen molar-refractivity contribution in [1.29, 1.82) is 0 Å². The Hall–Kier alpha value is -0.610. The quantitative estimate of drug-likeness (QED) is 0.598. The highest BCUT2D eigenvalue weighted by molar-refractivity contribution is 5.78. The third-order valence-electron chi connectivity index (χ3n) is 3.17. The fraction of sp³-hybridized carbons (Fsp3) is 0.923. The Morgan fingerprint density at radius 1 is 1.29 bits per heavy atom. The van der Waals surface area contributed by atoms with Crippen LogP contribution in [0.15, 0.2) is 0 Å². The molecule has 0 saturated carbocycles. The number of rotatable bonds is 9. The summed E-state index contributed by atoms with van der Waals surface area (Å²) < 4.78 is 0. The van der Waals surface area contributed by atoms with E-state index in [1.165, 1.54) is 0 Å². The molecule has 0 aliphatic rings. The second-order valence-electron chi connectivity index (χ2n) is 5.05. The molecule has 1 amide bonds. The highest BCUT2D eigenvalue weighted by atomic mass is 16.1. The largest absolute Gasteiger partial charge is 0.356 e. The zero-order valence-corrected chi connectivity index (χ0v) is 11.8. The first-order valence-corrected chi connectivity index (χ1v) is 6.67. The number of amides is 1. The van der Waals surface area contributed by atoms with Gasteiger partial charge in [-0.15, -0.1) is 0 Å². The van der Waals surface area contributed by atoms with Crippen molar-refractivity contribution in [2.75, 3.05) is 26.7 Å². The van der Waals surface area contributed by atoms with Crippen LogP contribution in [0, 0.1) is 5.92 Å². The smallest absolute Gasteiger partial charge is 0.222 e. The summed E-state index contributed by atoms with van der Waals surface area (Å²) in [5, 5.41) is 2.96. The van der Waals surface area contributed by atoms with E-state index in [0.717, 1.165) is 32.4 Å². The molecule has 0 aromatic heterocycles. The first-order valence-electron chi connectivity index (χ1n) is 6.67. The lowest BCUT2D eigenvalue weighted by molar-refractivity contribution is -0.124. The van der Waals surface area contributed by atoms with Gasteiger partial charge < -0.3 is 16.0 Å². The molecule has 4 nitrogen and oxygen atoms in total. The number of nitrogens with one attached hydrogen (secondary N) is 1. The topological polar surface area (TPSA) is 58.4 Å². The minimum atomic E-state index is 0.0401. The number of hydrogen-bond donors (Lipinski definition) is 2. The van der Waals surface area contributed by atoms with Gasteiger partial charge in [0.2, 0.25) is 5.91 Å². The van der Waals surface area contributed by atoms with Gasteiger partial charge in [0.15, 0.2) is 0 Å². The highest BCUT2D eigenvalue weighted by Crippen LogP contribution is 2.00. The molecule has 0 heterocycles. The fourth-order valence-electron chi connectivity index (χ4n) is 1.51. The Balaban J connectivity index is 3.48. The third kappa shape index (κ3) is 8.16. The van der Waals surface area contributed by atoms with E-state index in [4.69, 9.17) is 5.73 Å². The van der Waals surface area contributed by atoms with Crippen LogP contribution in [-0.4, -0.2) is 43.5 Å². The molecule has 1 unspecified atom stereocenters. The number of nitrogens with two attached hydrogens (primary N) is 1. The molecule has 0 spiro atoms. The van der Waals surface area contributed by atoms with Crippen molar-refractivity contribution < 1.29 is 4.79 Å². The number of unbranched alkanes of at least 4 members (excludes halogenated alkanes) is 1. The average molecular weight is 243 g/mol. The van der Waals surface area contributed by atoms with Crippen molar-refractivity contribution in [1.82, 2.24) is 10.2 Å². The van der Waals surface area contributed by atoms with E-state index < -0.39 is 0 Å². The van der Waals surface area contributed by atoms with Crippen molar-refractivity contribution >= 4 is 5.91 Å². The van der Waals surface area contributed by atoms with Crippen LogP contribution >= 0.6 is 0 Å². The van der Waals surface area contributed by atoms with Crippen molar-refractivity contribution in [2.24, 2.45) is 11.7 Å². The zero-order valence-electron chi connectivity index (χ0n) is 11.8. The summed E-state index contributed by atoms with van der Waals surface area (Å²) in [6.45, 7) is 8.75. The molecule has 3 N–H and O–H groups in total. The van der Waals surface area contributed by atoms with Crippen molar-refractivity contribution in [3.05, 3.63) is 0 Å². The van der Waals surface area contributed by atoms with Crippen LogP contribution in [0.3, 0.4) is 0 Å². The van der Waals surface area contributed by atoms with E-state index in [1.54, 1.807) is 0 Å². The summed E-state index contributed by atoms with van der Waals surface area (Å²) in [5.74, 6) is 0.172. The van der Waals surface area contributed by atoms with Crippen LogP contribution < -0.4 is 11.1 Å². The van der Waals surface area contributed by atoms with E-state index >= 15 is 0 Å². The Kier molecular flexibility index (Phi) is 9.09. The lowest BCUT2D eigenvalue weighted by atomic mass is 10.1. The minimum absolute atomic E-state index is 0.0401. The third-order valence-corrected chi connectivity index (χ3v) is 3.17. The molecular weight excluding hydrogens is 214 g/mol. The Morgan fingerprint density at radius 3 is 2.47 bits per heavy atom. The van der Waals surface area contributed by atoms with E-state index in [0.29, 0.717) is 12.6 Å². The monoisotopic (exact) mass is 243 g/mol. The summed E-state index contributed by atoms with van der Waals surface area (Å²) in [6.07, 6.45) is 2.93. The maximum Gasteiger partial charge on any atom is 0.222 e. The standard InChI is InChI=1S/C13H29N3O/c1-11(2)16(4)10-6-5-9-15-13(17)12(3)7-8-14/h11-12H,5-10,14H2,1-4H3,(H,15,17). The minimum Gasteiger partial charge on any atom is -0.356 e. The van der Waals surface area contributed by atoms with Crippen LogP contribution in [0.2, 0.25) is 0 Å². The first-order chi connectivity index (χ1) is 7.99. The molecule has 0 aliphatic carbocycles. The maximum absolute atomic E-state index is 11.6. The van der Waals surface area contributed by atoms with Gasteiger partial charge in [-0.05, 0) is 53.2 Å². The number of nitrogens with zero attached hydrogens (tertiary/aromatic N) is 1. The Labute approximate surface area is 106 Å². The number of carbonyl (C=O) groups is 1. The molecular formula is C13H29N3O. The molecule has 17 heavy (non-hydrogen) atoms. The average Bonchev–Trinajstić information content (AvgIpc) is 2.28. The lowest BCUT2D eigenvalue weighted by Crippen LogP contribution is -2.32. The zero-order chi connectivity index (χ0) is 13.3. The number of hydrogen-bond acceptors (Lipinski definition) is 3. The van der Waals surface area contributed by atoms with Crippen LogP contribution in [0.25, 0.3) is 0 Å². The van der Waals surface area contributed by atoms with E-state index in [9.17, 15) is 4.79 Å². The van der Waals surface area contributed by atoms with Gasteiger partial charge in [0.05, 0.1) is 0 Å². The molecule has 0 aromatic carbocycles. The van der Waals surface area contributed by atoms with Crippen molar-refractivity contribution in [2.45, 2.75) is 46.1 Å². The summed E-state index contributed by atoms with van der Waals surface area (Å²) in [5.41, 5.74) is 5.42. The van der Waals surface area contributed by atoms with E-state index in [-0.39, 0.29) is 11.8 Å². The van der Waals surface area contributed by atoms with Crippen LogP contribution in [0.1, 0.15) is 40.0 Å². The van der Waals surface area contributed by atoms with Gasteiger partial charge in [-0.1, -0.05) is 6.92 Å². The molecule has 1 atom stereocenters. The molecule has 0 aromatic rings. The Morgan fingerprint density at radius 2 is 1.94 bits per heavy atom. The molecule has 0 aliphatic heterocycles. The van der Waals surface area contributed by atoms with Crippen molar-refractivity contribution in [3.8, 4) is 0 Å². The first kappa shape index (κ1) is 16.4. The molecule has 102 valence electrons. The predicted octanol–water partition coefficient (Wildman–Crippen LogP) is 1.21. The van der Waals surface area contributed by atoms with E-state index in [2.05, 4.69) is 31.1 Å². The van der Waals surface area contributed by atoms with Gasteiger partial charge in [0.25, 0.3) is 0 Å². The highest BCUT2D eigenvalue weighted by Gasteiger charge is 2.10. The molecule has 0 bridgehead atoms. The van der Waals surface area contributed by atoms with Gasteiger partial charge in [-0.3, -0.25) is 4.79 Å².